The summed E-state index contributed by atoms with van der Waals surface area (Å²) in [5.41, 5.74) is 5.10. The zero-order valence-corrected chi connectivity index (χ0v) is 15.8. The minimum atomic E-state index is -0.164. The highest BCUT2D eigenvalue weighted by atomic mass is 16.3. The van der Waals surface area contributed by atoms with Crippen molar-refractivity contribution >= 4 is 5.91 Å². The van der Waals surface area contributed by atoms with Crippen molar-refractivity contribution in [2.45, 2.75) is 96.8 Å². The summed E-state index contributed by atoms with van der Waals surface area (Å²) < 4.78 is 0. The van der Waals surface area contributed by atoms with Crippen molar-refractivity contribution in [3.8, 4) is 0 Å². The highest BCUT2D eigenvalue weighted by Crippen LogP contribution is 2.09. The Kier molecular flexibility index (Phi) is 25.8. The second-order valence-corrected chi connectivity index (χ2v) is 6.25. The summed E-state index contributed by atoms with van der Waals surface area (Å²) in [7, 11) is 0. The summed E-state index contributed by atoms with van der Waals surface area (Å²) in [6.45, 7) is 2.01. The second-order valence-electron chi connectivity index (χ2n) is 6.25. The third-order valence-electron chi connectivity index (χ3n) is 3.78. The molecule has 0 aromatic carbocycles. The fraction of sp³-hybridized carbons (Fsp3) is 0.850. The highest BCUT2D eigenvalue weighted by Gasteiger charge is 1.94. The van der Waals surface area contributed by atoms with Gasteiger partial charge in [-0.25, -0.2) is 0 Å². The third-order valence-corrected chi connectivity index (χ3v) is 3.78. The number of hydrogen-bond acceptors (Lipinski definition) is 3. The van der Waals surface area contributed by atoms with Crippen LogP contribution >= 0.6 is 0 Å². The molecule has 0 atom stereocenters. The first-order valence-electron chi connectivity index (χ1n) is 9.84. The summed E-state index contributed by atoms with van der Waals surface area (Å²) in [6, 6.07) is 0. The van der Waals surface area contributed by atoms with E-state index in [1.165, 1.54) is 70.6 Å². The zero-order valence-electron chi connectivity index (χ0n) is 15.8. The molecule has 144 valence electrons. The van der Waals surface area contributed by atoms with Crippen molar-refractivity contribution in [1.82, 2.24) is 0 Å². The van der Waals surface area contributed by atoms with Gasteiger partial charge < -0.3 is 15.9 Å². The Bertz CT molecular complexity index is 266. The third kappa shape index (κ3) is 29.2. The summed E-state index contributed by atoms with van der Waals surface area (Å²) in [6.07, 6.45) is 21.9. The number of hydrogen-bond donors (Lipinski definition) is 3. The summed E-state index contributed by atoms with van der Waals surface area (Å²) >= 11 is 0. The van der Waals surface area contributed by atoms with Crippen LogP contribution in [-0.4, -0.2) is 29.3 Å². The minimum absolute atomic E-state index is 0.125. The Morgan fingerprint density at radius 3 is 1.58 bits per heavy atom. The number of unbranched alkanes of at least 4 members (excludes halogenated alkanes) is 11. The molecule has 0 bridgehead atoms. The van der Waals surface area contributed by atoms with E-state index in [-0.39, 0.29) is 19.1 Å². The number of primary amides is 1. The number of aliphatic hydroxyl groups is 2. The van der Waals surface area contributed by atoms with Crippen molar-refractivity contribution in [1.29, 1.82) is 0 Å². The quantitative estimate of drug-likeness (QED) is 0.285. The van der Waals surface area contributed by atoms with Crippen LogP contribution in [0.2, 0.25) is 0 Å². The van der Waals surface area contributed by atoms with E-state index in [0.29, 0.717) is 6.42 Å². The molecule has 0 fully saturated rings. The van der Waals surface area contributed by atoms with E-state index >= 15 is 0 Å². The average molecular weight is 344 g/mol. The highest BCUT2D eigenvalue weighted by molar-refractivity contribution is 5.73. The number of rotatable bonds is 16. The number of carbonyl (C=O) groups excluding carboxylic acids is 1. The largest absolute Gasteiger partial charge is 0.394 e. The Morgan fingerprint density at radius 1 is 0.750 bits per heavy atom. The normalized spacial score (nSPS) is 10.6. The van der Waals surface area contributed by atoms with Gasteiger partial charge >= 0.3 is 0 Å². The topological polar surface area (TPSA) is 83.6 Å². The first kappa shape index (κ1) is 25.4. The van der Waals surface area contributed by atoms with Gasteiger partial charge in [0.15, 0.2) is 0 Å². The van der Waals surface area contributed by atoms with E-state index in [1.54, 1.807) is 0 Å². The summed E-state index contributed by atoms with van der Waals surface area (Å²) in [5, 5.41) is 15.2. The van der Waals surface area contributed by atoms with Crippen molar-refractivity contribution in [2.24, 2.45) is 5.73 Å². The van der Waals surface area contributed by atoms with E-state index in [1.807, 2.05) is 0 Å². The van der Waals surface area contributed by atoms with Crippen LogP contribution in [0.3, 0.4) is 0 Å². The smallest absolute Gasteiger partial charge is 0.217 e. The maximum Gasteiger partial charge on any atom is 0.217 e. The predicted molar refractivity (Wildman–Crippen MR) is 103 cm³/mol. The van der Waals surface area contributed by atoms with Gasteiger partial charge in [0.05, 0.1) is 13.2 Å². The molecule has 4 nitrogen and oxygen atoms in total. The van der Waals surface area contributed by atoms with Gasteiger partial charge in [-0.2, -0.15) is 0 Å². The van der Waals surface area contributed by atoms with Crippen LogP contribution in [0, 0.1) is 0 Å². The average Bonchev–Trinajstić information content (AvgIpc) is 2.58. The molecule has 0 aliphatic carbocycles. The monoisotopic (exact) mass is 343 g/mol. The van der Waals surface area contributed by atoms with Gasteiger partial charge in [-0.15, -0.1) is 0 Å². The van der Waals surface area contributed by atoms with Gasteiger partial charge in [0.2, 0.25) is 5.91 Å². The Labute approximate surface area is 149 Å². The van der Waals surface area contributed by atoms with Crippen LogP contribution < -0.4 is 5.73 Å². The molecule has 0 rings (SSSR count). The minimum Gasteiger partial charge on any atom is -0.394 e. The predicted octanol–water partition coefficient (Wildman–Crippen LogP) is 4.48. The number of aliphatic hydroxyl groups excluding tert-OH is 2. The van der Waals surface area contributed by atoms with Gasteiger partial charge in [-0.05, 0) is 32.1 Å². The van der Waals surface area contributed by atoms with Crippen LogP contribution in [0.15, 0.2) is 12.2 Å². The summed E-state index contributed by atoms with van der Waals surface area (Å²) in [4.78, 5) is 10.5. The molecule has 0 unspecified atom stereocenters. The van der Waals surface area contributed by atoms with Gasteiger partial charge in [0.25, 0.3) is 0 Å². The lowest BCUT2D eigenvalue weighted by Gasteiger charge is -1.99. The second kappa shape index (κ2) is 24.4. The SMILES string of the molecule is CCCCCCCC/C=C\CCCCCCCC(N)=O.OCCO. The maximum absolute atomic E-state index is 10.5. The lowest BCUT2D eigenvalue weighted by molar-refractivity contribution is -0.118. The Morgan fingerprint density at radius 2 is 1.17 bits per heavy atom. The fourth-order valence-corrected chi connectivity index (χ4v) is 2.37. The Balaban J connectivity index is 0. The van der Waals surface area contributed by atoms with Gasteiger partial charge in [-0.3, -0.25) is 4.79 Å². The molecule has 24 heavy (non-hydrogen) atoms. The van der Waals surface area contributed by atoms with Crippen LogP contribution in [0.25, 0.3) is 0 Å². The lowest BCUT2D eigenvalue weighted by atomic mass is 10.1. The van der Waals surface area contributed by atoms with Crippen molar-refractivity contribution in [3.05, 3.63) is 12.2 Å². The van der Waals surface area contributed by atoms with E-state index in [0.717, 1.165) is 12.8 Å². The number of nitrogens with two attached hydrogens (primary N) is 1. The standard InChI is InChI=1S/C18H35NO.C2H6O2/c1-2-3-4-5-6-7-8-9-10-11-12-13-14-15-16-17-18(19)20;3-1-2-4/h9-10H,2-8,11-17H2,1H3,(H2,19,20);3-4H,1-2H2/b10-9-;. The molecule has 0 saturated heterocycles. The van der Waals surface area contributed by atoms with Gasteiger partial charge in [0.1, 0.15) is 0 Å². The molecule has 0 heterocycles. The molecule has 0 radical (unpaired) electrons. The molecular weight excluding hydrogens is 302 g/mol. The van der Waals surface area contributed by atoms with Crippen molar-refractivity contribution in [3.63, 3.8) is 0 Å². The summed E-state index contributed by atoms with van der Waals surface area (Å²) in [5.74, 6) is -0.164. The molecule has 4 N–H and O–H groups in total. The van der Waals surface area contributed by atoms with Crippen LogP contribution in [-0.2, 0) is 4.79 Å². The van der Waals surface area contributed by atoms with Gasteiger partial charge in [-0.1, -0.05) is 70.4 Å². The maximum atomic E-state index is 10.5. The Hall–Kier alpha value is -0.870. The molecule has 4 heteroatoms. The molecule has 0 aliphatic heterocycles. The van der Waals surface area contributed by atoms with E-state index in [9.17, 15) is 4.79 Å². The zero-order chi connectivity index (χ0) is 18.3. The molecule has 0 aliphatic rings. The molecule has 1 amide bonds. The fourth-order valence-electron chi connectivity index (χ4n) is 2.37. The van der Waals surface area contributed by atoms with Crippen molar-refractivity contribution < 1.29 is 15.0 Å². The molecular formula is C20H41NO3. The van der Waals surface area contributed by atoms with Crippen molar-refractivity contribution in [2.75, 3.05) is 13.2 Å². The van der Waals surface area contributed by atoms with E-state index < -0.39 is 0 Å². The number of carbonyl (C=O) groups is 1. The first-order valence-corrected chi connectivity index (χ1v) is 9.84. The van der Waals surface area contributed by atoms with Crippen LogP contribution in [0.1, 0.15) is 96.8 Å². The molecule has 0 spiro atoms. The lowest BCUT2D eigenvalue weighted by Crippen LogP contribution is -2.09. The number of allylic oxidation sites excluding steroid dienone is 2. The van der Waals surface area contributed by atoms with E-state index in [2.05, 4.69) is 19.1 Å². The number of amides is 1. The van der Waals surface area contributed by atoms with Crippen LogP contribution in [0.5, 0.6) is 0 Å². The van der Waals surface area contributed by atoms with E-state index in [4.69, 9.17) is 15.9 Å². The van der Waals surface area contributed by atoms with Gasteiger partial charge in [0, 0.05) is 6.42 Å². The molecule has 0 aromatic heterocycles. The molecule has 0 aromatic rings. The molecule has 0 saturated carbocycles. The van der Waals surface area contributed by atoms with Crippen LogP contribution in [0.4, 0.5) is 0 Å². The first-order chi connectivity index (χ1) is 11.7.